The maximum atomic E-state index is 12.7. The summed E-state index contributed by atoms with van der Waals surface area (Å²) in [4.78, 5) is 37.6. The van der Waals surface area contributed by atoms with Crippen molar-refractivity contribution in [2.45, 2.75) is 168 Å². The average molecular weight is 787 g/mol. The molecular weight excluding hydrogens is 709 g/mol. The van der Waals surface area contributed by atoms with Gasteiger partial charge in [-0.05, 0) is 89.9 Å². The SMILES string of the molecule is CC\C=C/C=C\C=C/C=C\C=C/CCCC(=O)OC(COC(=O)CCC/C=C\C/C=C\C/C=C\C/C=C\CCCCC)COC(=O)CCC/C=C\CCCCCC. The van der Waals surface area contributed by atoms with Gasteiger partial charge in [0, 0.05) is 19.3 Å². The molecule has 0 spiro atoms. The van der Waals surface area contributed by atoms with E-state index in [1.807, 2.05) is 54.7 Å². The molecule has 57 heavy (non-hydrogen) atoms. The molecule has 0 bridgehead atoms. The van der Waals surface area contributed by atoms with E-state index < -0.39 is 12.1 Å². The molecule has 0 aromatic heterocycles. The Morgan fingerprint density at radius 2 is 0.754 bits per heavy atom. The van der Waals surface area contributed by atoms with Crippen LogP contribution in [0.4, 0.5) is 0 Å². The van der Waals surface area contributed by atoms with E-state index in [0.29, 0.717) is 25.7 Å². The van der Waals surface area contributed by atoms with Gasteiger partial charge in [-0.25, -0.2) is 0 Å². The van der Waals surface area contributed by atoms with Crippen LogP contribution >= 0.6 is 0 Å². The standard InChI is InChI=1S/C51H78O6/c1-4-7-10-13-16-19-21-23-24-25-26-28-29-32-35-38-41-44-50(53)56-47-48(46-55-49(52)43-40-37-34-31-18-15-12-9-6-3)57-51(54)45-42-39-36-33-30-27-22-20-17-14-11-8-5-2/h8,11,14,16-17,19-20,22-24,26-28,30-36,48H,4-7,9-10,12-13,15,18,21,25,29,37-47H2,1-3H3/b11-8-,17-14-,19-16-,22-20-,24-23-,28-26-,30-27-,34-31-,35-32-,36-33-. The van der Waals surface area contributed by atoms with Crippen LogP contribution in [0.2, 0.25) is 0 Å². The molecule has 1 atom stereocenters. The lowest BCUT2D eigenvalue weighted by molar-refractivity contribution is -0.166. The fourth-order valence-corrected chi connectivity index (χ4v) is 5.23. The number of rotatable bonds is 37. The van der Waals surface area contributed by atoms with Crippen molar-refractivity contribution in [1.29, 1.82) is 0 Å². The second-order valence-corrected chi connectivity index (χ2v) is 14.0. The Balaban J connectivity index is 4.62. The van der Waals surface area contributed by atoms with Crippen molar-refractivity contribution in [3.63, 3.8) is 0 Å². The van der Waals surface area contributed by atoms with E-state index in [0.717, 1.165) is 44.9 Å². The lowest BCUT2D eigenvalue weighted by Crippen LogP contribution is -2.30. The first-order valence-electron chi connectivity index (χ1n) is 22.1. The highest BCUT2D eigenvalue weighted by atomic mass is 16.6. The van der Waals surface area contributed by atoms with Gasteiger partial charge in [-0.1, -0.05) is 174 Å². The molecule has 0 aliphatic heterocycles. The quantitative estimate of drug-likeness (QED) is 0.0205. The van der Waals surface area contributed by atoms with Gasteiger partial charge in [-0.15, -0.1) is 0 Å². The summed E-state index contributed by atoms with van der Waals surface area (Å²) in [5.41, 5.74) is 0. The Morgan fingerprint density at radius 1 is 0.386 bits per heavy atom. The zero-order chi connectivity index (χ0) is 41.5. The molecule has 0 radical (unpaired) electrons. The number of hydrogen-bond donors (Lipinski definition) is 0. The molecule has 0 saturated carbocycles. The summed E-state index contributed by atoms with van der Waals surface area (Å²) in [7, 11) is 0. The largest absolute Gasteiger partial charge is 0.462 e. The highest BCUT2D eigenvalue weighted by Crippen LogP contribution is 2.09. The van der Waals surface area contributed by atoms with Crippen molar-refractivity contribution in [3.8, 4) is 0 Å². The predicted molar refractivity (Wildman–Crippen MR) is 242 cm³/mol. The van der Waals surface area contributed by atoms with Gasteiger partial charge in [0.1, 0.15) is 13.2 Å². The van der Waals surface area contributed by atoms with E-state index in [-0.39, 0.29) is 44.4 Å². The zero-order valence-electron chi connectivity index (χ0n) is 36.0. The fourth-order valence-electron chi connectivity index (χ4n) is 5.23. The third-order valence-corrected chi connectivity index (χ3v) is 8.55. The highest BCUT2D eigenvalue weighted by molar-refractivity contribution is 5.71. The molecular formula is C51H78O6. The van der Waals surface area contributed by atoms with Crippen LogP contribution in [0, 0.1) is 0 Å². The molecule has 0 heterocycles. The molecule has 0 aliphatic carbocycles. The van der Waals surface area contributed by atoms with Crippen LogP contribution in [-0.2, 0) is 28.6 Å². The Labute approximate surface area is 348 Å². The van der Waals surface area contributed by atoms with Crippen LogP contribution in [0.5, 0.6) is 0 Å². The fraction of sp³-hybridized carbons (Fsp3) is 0.549. The summed E-state index contributed by atoms with van der Waals surface area (Å²) in [5, 5.41) is 0. The molecule has 0 fully saturated rings. The first kappa shape index (κ1) is 52.8. The van der Waals surface area contributed by atoms with Crippen molar-refractivity contribution in [2.24, 2.45) is 0 Å². The molecule has 0 aliphatic rings. The first-order chi connectivity index (χ1) is 28.0. The van der Waals surface area contributed by atoms with Crippen LogP contribution in [-0.4, -0.2) is 37.2 Å². The molecule has 0 N–H and O–H groups in total. The van der Waals surface area contributed by atoms with Gasteiger partial charge in [0.2, 0.25) is 0 Å². The Morgan fingerprint density at radius 3 is 1.25 bits per heavy atom. The predicted octanol–water partition coefficient (Wildman–Crippen LogP) is 14.2. The number of ether oxygens (including phenoxy) is 3. The van der Waals surface area contributed by atoms with Crippen molar-refractivity contribution < 1.29 is 28.6 Å². The molecule has 318 valence electrons. The van der Waals surface area contributed by atoms with Gasteiger partial charge in [0.25, 0.3) is 0 Å². The lowest BCUT2D eigenvalue weighted by atomic mass is 10.1. The molecule has 6 nitrogen and oxygen atoms in total. The van der Waals surface area contributed by atoms with Crippen molar-refractivity contribution in [3.05, 3.63) is 122 Å². The number of carbonyl (C=O) groups is 3. The number of esters is 3. The summed E-state index contributed by atoms with van der Waals surface area (Å²) in [6, 6.07) is 0. The van der Waals surface area contributed by atoms with Crippen molar-refractivity contribution >= 4 is 17.9 Å². The van der Waals surface area contributed by atoms with E-state index in [2.05, 4.69) is 87.6 Å². The molecule has 0 amide bonds. The van der Waals surface area contributed by atoms with E-state index >= 15 is 0 Å². The summed E-state index contributed by atoms with van der Waals surface area (Å²) in [6.07, 6.45) is 60.6. The minimum Gasteiger partial charge on any atom is -0.462 e. The van der Waals surface area contributed by atoms with Crippen LogP contribution in [0.1, 0.15) is 162 Å². The Bertz CT molecular complexity index is 1270. The van der Waals surface area contributed by atoms with Gasteiger partial charge in [-0.2, -0.15) is 0 Å². The van der Waals surface area contributed by atoms with Crippen LogP contribution in [0.25, 0.3) is 0 Å². The number of allylic oxidation sites excluding steroid dienone is 20. The third-order valence-electron chi connectivity index (χ3n) is 8.55. The number of unbranched alkanes of at least 4 members (excludes halogenated alkanes) is 10. The Hall–Kier alpha value is -4.19. The lowest BCUT2D eigenvalue weighted by Gasteiger charge is -2.18. The first-order valence-corrected chi connectivity index (χ1v) is 22.1. The topological polar surface area (TPSA) is 78.9 Å². The maximum absolute atomic E-state index is 12.7. The van der Waals surface area contributed by atoms with E-state index in [1.54, 1.807) is 0 Å². The second-order valence-electron chi connectivity index (χ2n) is 14.0. The highest BCUT2D eigenvalue weighted by Gasteiger charge is 2.19. The van der Waals surface area contributed by atoms with Gasteiger partial charge in [-0.3, -0.25) is 14.4 Å². The van der Waals surface area contributed by atoms with Crippen LogP contribution in [0.3, 0.4) is 0 Å². The summed E-state index contributed by atoms with van der Waals surface area (Å²) in [6.45, 7) is 6.25. The van der Waals surface area contributed by atoms with Gasteiger partial charge >= 0.3 is 17.9 Å². The number of carbonyl (C=O) groups excluding carboxylic acids is 3. The van der Waals surface area contributed by atoms with Crippen molar-refractivity contribution in [2.75, 3.05) is 13.2 Å². The number of hydrogen-bond acceptors (Lipinski definition) is 6. The van der Waals surface area contributed by atoms with Crippen molar-refractivity contribution in [1.82, 2.24) is 0 Å². The molecule has 0 aromatic rings. The van der Waals surface area contributed by atoms with E-state index in [9.17, 15) is 14.4 Å². The molecule has 0 saturated heterocycles. The molecule has 1 unspecified atom stereocenters. The normalized spacial score (nSPS) is 13.2. The smallest absolute Gasteiger partial charge is 0.306 e. The average Bonchev–Trinajstić information content (AvgIpc) is 3.21. The second kappa shape index (κ2) is 44.5. The molecule has 0 rings (SSSR count). The van der Waals surface area contributed by atoms with Crippen LogP contribution in [0.15, 0.2) is 122 Å². The summed E-state index contributed by atoms with van der Waals surface area (Å²) >= 11 is 0. The van der Waals surface area contributed by atoms with Gasteiger partial charge in [0.15, 0.2) is 6.10 Å². The van der Waals surface area contributed by atoms with E-state index in [4.69, 9.17) is 14.2 Å². The summed E-state index contributed by atoms with van der Waals surface area (Å²) < 4.78 is 16.5. The summed E-state index contributed by atoms with van der Waals surface area (Å²) in [5.74, 6) is -1.13. The minimum atomic E-state index is -0.848. The molecule has 6 heteroatoms. The monoisotopic (exact) mass is 787 g/mol. The molecule has 0 aromatic carbocycles. The Kier molecular flexibility index (Phi) is 41.3. The van der Waals surface area contributed by atoms with Crippen LogP contribution < -0.4 is 0 Å². The van der Waals surface area contributed by atoms with Gasteiger partial charge in [0.05, 0.1) is 0 Å². The van der Waals surface area contributed by atoms with E-state index in [1.165, 1.54) is 51.4 Å². The zero-order valence-corrected chi connectivity index (χ0v) is 36.0. The third kappa shape index (κ3) is 42.8. The minimum absolute atomic E-state index is 0.143. The van der Waals surface area contributed by atoms with Gasteiger partial charge < -0.3 is 14.2 Å². The maximum Gasteiger partial charge on any atom is 0.306 e.